The third kappa shape index (κ3) is 2.47. The minimum atomic E-state index is 0.706. The van der Waals surface area contributed by atoms with Gasteiger partial charge in [-0.25, -0.2) is 9.97 Å². The molecule has 2 heterocycles. The van der Waals surface area contributed by atoms with E-state index in [1.165, 1.54) is 0 Å². The van der Waals surface area contributed by atoms with E-state index in [1.807, 2.05) is 13.8 Å². The molecule has 2 aromatic heterocycles. The van der Waals surface area contributed by atoms with Crippen molar-refractivity contribution in [2.75, 3.05) is 11.9 Å². The van der Waals surface area contributed by atoms with Crippen LogP contribution in [-0.2, 0) is 12.8 Å². The summed E-state index contributed by atoms with van der Waals surface area (Å²) in [6, 6.07) is 0. The maximum absolute atomic E-state index is 4.48. The van der Waals surface area contributed by atoms with E-state index in [0.29, 0.717) is 5.82 Å². The number of nitrogens with one attached hydrogen (secondary N) is 1. The summed E-state index contributed by atoms with van der Waals surface area (Å²) in [7, 11) is 0. The molecule has 0 atom stereocenters. The molecule has 0 aliphatic rings. The Bertz CT molecular complexity index is 519. The van der Waals surface area contributed by atoms with Crippen molar-refractivity contribution in [2.24, 2.45) is 0 Å². The van der Waals surface area contributed by atoms with Crippen molar-refractivity contribution in [1.82, 2.24) is 24.7 Å². The lowest BCUT2D eigenvalue weighted by molar-refractivity contribution is 0.764. The van der Waals surface area contributed by atoms with Crippen LogP contribution in [0.5, 0.6) is 0 Å². The predicted molar refractivity (Wildman–Crippen MR) is 69.9 cm³/mol. The van der Waals surface area contributed by atoms with Gasteiger partial charge in [0.05, 0.1) is 12.4 Å². The first kappa shape index (κ1) is 12.5. The normalized spacial score (nSPS) is 10.6. The van der Waals surface area contributed by atoms with Crippen molar-refractivity contribution in [3.63, 3.8) is 0 Å². The van der Waals surface area contributed by atoms with Gasteiger partial charge in [0.15, 0.2) is 11.6 Å². The number of hydrogen-bond acceptors (Lipinski definition) is 5. The molecule has 0 spiro atoms. The van der Waals surface area contributed by atoms with E-state index in [4.69, 9.17) is 0 Å². The molecule has 2 rings (SSSR count). The van der Waals surface area contributed by atoms with E-state index in [-0.39, 0.29) is 0 Å². The topological polar surface area (TPSA) is 68.5 Å². The zero-order valence-corrected chi connectivity index (χ0v) is 11.0. The Hall–Kier alpha value is -1.98. The summed E-state index contributed by atoms with van der Waals surface area (Å²) >= 11 is 0. The zero-order valence-electron chi connectivity index (χ0n) is 11.0. The van der Waals surface area contributed by atoms with Gasteiger partial charge in [0, 0.05) is 19.4 Å². The highest BCUT2D eigenvalue weighted by Gasteiger charge is 2.10. The van der Waals surface area contributed by atoms with Gasteiger partial charge in [0.1, 0.15) is 11.6 Å². The van der Waals surface area contributed by atoms with Gasteiger partial charge in [-0.1, -0.05) is 13.8 Å². The van der Waals surface area contributed by atoms with E-state index < -0.39 is 0 Å². The summed E-state index contributed by atoms with van der Waals surface area (Å²) in [4.78, 5) is 13.1. The third-order valence-corrected chi connectivity index (χ3v) is 2.55. The van der Waals surface area contributed by atoms with E-state index in [9.17, 15) is 0 Å². The van der Waals surface area contributed by atoms with Gasteiger partial charge >= 0.3 is 0 Å². The van der Waals surface area contributed by atoms with Crippen molar-refractivity contribution in [2.45, 2.75) is 33.6 Å². The average Bonchev–Trinajstić information content (AvgIpc) is 2.83. The van der Waals surface area contributed by atoms with Crippen LogP contribution in [0.25, 0.3) is 5.82 Å². The Labute approximate surface area is 106 Å². The maximum Gasteiger partial charge on any atom is 0.176 e. The molecule has 0 saturated heterocycles. The van der Waals surface area contributed by atoms with Gasteiger partial charge in [0.25, 0.3) is 0 Å². The fourth-order valence-electron chi connectivity index (χ4n) is 1.68. The van der Waals surface area contributed by atoms with Crippen LogP contribution in [-0.4, -0.2) is 31.3 Å². The molecule has 0 aliphatic carbocycles. The van der Waals surface area contributed by atoms with Gasteiger partial charge < -0.3 is 5.32 Å². The quantitative estimate of drug-likeness (QED) is 0.868. The molecule has 2 aromatic rings. The minimum absolute atomic E-state index is 0.706. The summed E-state index contributed by atoms with van der Waals surface area (Å²) in [6.07, 6.45) is 5.05. The molecule has 0 amide bonds. The van der Waals surface area contributed by atoms with Crippen LogP contribution in [0, 0.1) is 0 Å². The van der Waals surface area contributed by atoms with Crippen LogP contribution in [0.15, 0.2) is 12.4 Å². The first-order chi connectivity index (χ1) is 8.78. The van der Waals surface area contributed by atoms with Crippen LogP contribution in [0.1, 0.15) is 32.4 Å². The number of nitrogens with zero attached hydrogens (tertiary/aromatic N) is 5. The zero-order chi connectivity index (χ0) is 13.0. The van der Waals surface area contributed by atoms with Crippen LogP contribution in [0.4, 0.5) is 5.82 Å². The molecule has 96 valence electrons. The summed E-state index contributed by atoms with van der Waals surface area (Å²) in [6.45, 7) is 6.94. The van der Waals surface area contributed by atoms with Crippen molar-refractivity contribution >= 4 is 5.82 Å². The molecule has 0 bridgehead atoms. The monoisotopic (exact) mass is 246 g/mol. The van der Waals surface area contributed by atoms with Crippen LogP contribution in [0.3, 0.4) is 0 Å². The van der Waals surface area contributed by atoms with Crippen LogP contribution >= 0.6 is 0 Å². The van der Waals surface area contributed by atoms with E-state index in [1.54, 1.807) is 17.1 Å². The van der Waals surface area contributed by atoms with Gasteiger partial charge in [-0.05, 0) is 6.92 Å². The first-order valence-electron chi connectivity index (χ1n) is 6.29. The first-order valence-corrected chi connectivity index (χ1v) is 6.29. The van der Waals surface area contributed by atoms with Gasteiger partial charge in [-0.2, -0.15) is 4.68 Å². The molecule has 0 aromatic carbocycles. The smallest absolute Gasteiger partial charge is 0.176 e. The summed E-state index contributed by atoms with van der Waals surface area (Å²) < 4.78 is 1.77. The molecule has 0 saturated carbocycles. The highest BCUT2D eigenvalue weighted by molar-refractivity contribution is 5.35. The molecule has 6 nitrogen and oxygen atoms in total. The van der Waals surface area contributed by atoms with Gasteiger partial charge in [-0.15, -0.1) is 5.10 Å². The number of anilines is 1. The lowest BCUT2D eigenvalue weighted by Gasteiger charge is -2.05. The fourth-order valence-corrected chi connectivity index (χ4v) is 1.68. The minimum Gasteiger partial charge on any atom is -0.369 e. The number of rotatable bonds is 5. The number of aryl methyl sites for hydroxylation is 2. The highest BCUT2D eigenvalue weighted by atomic mass is 15.4. The standard InChI is InChI=1S/C12H18N6/c1-4-9-15-11(5-2)18(17-9)12-8-13-7-10(16-12)14-6-3/h7-8H,4-6H2,1-3H3,(H,14,16). The fraction of sp³-hybridized carbons (Fsp3) is 0.500. The Kier molecular flexibility index (Phi) is 3.86. The Balaban J connectivity index is 2.40. The number of hydrogen-bond donors (Lipinski definition) is 1. The average molecular weight is 246 g/mol. The van der Waals surface area contributed by atoms with Crippen molar-refractivity contribution in [3.05, 3.63) is 24.0 Å². The molecule has 18 heavy (non-hydrogen) atoms. The van der Waals surface area contributed by atoms with E-state index in [2.05, 4.69) is 32.3 Å². The molecule has 0 radical (unpaired) electrons. The molecule has 0 fully saturated rings. The molecule has 0 aliphatic heterocycles. The third-order valence-electron chi connectivity index (χ3n) is 2.55. The molecule has 0 unspecified atom stereocenters. The molecular formula is C12H18N6. The maximum atomic E-state index is 4.48. The van der Waals surface area contributed by atoms with Crippen molar-refractivity contribution in [1.29, 1.82) is 0 Å². The van der Waals surface area contributed by atoms with Gasteiger partial charge in [-0.3, -0.25) is 4.98 Å². The molecule has 1 N–H and O–H groups in total. The SMILES string of the molecule is CCNc1cncc(-n2nc(CC)nc2CC)n1. The van der Waals surface area contributed by atoms with Crippen LogP contribution in [0.2, 0.25) is 0 Å². The van der Waals surface area contributed by atoms with E-state index >= 15 is 0 Å². The second-order valence-electron chi connectivity index (χ2n) is 3.86. The summed E-state index contributed by atoms with van der Waals surface area (Å²) in [5.74, 6) is 3.21. The van der Waals surface area contributed by atoms with Crippen molar-refractivity contribution in [3.8, 4) is 5.82 Å². The summed E-state index contributed by atoms with van der Waals surface area (Å²) in [5.41, 5.74) is 0. The Morgan fingerprint density at radius 2 is 1.94 bits per heavy atom. The predicted octanol–water partition coefficient (Wildman–Crippen LogP) is 1.61. The summed E-state index contributed by atoms with van der Waals surface area (Å²) in [5, 5.41) is 7.59. The Morgan fingerprint density at radius 3 is 2.61 bits per heavy atom. The highest BCUT2D eigenvalue weighted by Crippen LogP contribution is 2.10. The second kappa shape index (κ2) is 5.57. The lowest BCUT2D eigenvalue weighted by Crippen LogP contribution is -2.08. The Morgan fingerprint density at radius 1 is 1.11 bits per heavy atom. The van der Waals surface area contributed by atoms with Gasteiger partial charge in [0.2, 0.25) is 0 Å². The molecule has 6 heteroatoms. The van der Waals surface area contributed by atoms with Crippen molar-refractivity contribution < 1.29 is 0 Å². The largest absolute Gasteiger partial charge is 0.369 e. The lowest BCUT2D eigenvalue weighted by atomic mass is 10.4. The molecular weight excluding hydrogens is 228 g/mol. The van der Waals surface area contributed by atoms with E-state index in [0.717, 1.165) is 36.9 Å². The second-order valence-corrected chi connectivity index (χ2v) is 3.86. The van der Waals surface area contributed by atoms with Crippen LogP contribution < -0.4 is 5.32 Å². The number of aromatic nitrogens is 5.